The molecule has 1 N–H and O–H groups in total. The summed E-state index contributed by atoms with van der Waals surface area (Å²) >= 11 is 12.1. The highest BCUT2D eigenvalue weighted by Crippen LogP contribution is 2.35. The Morgan fingerprint density at radius 1 is 1.20 bits per heavy atom. The van der Waals surface area contributed by atoms with Crippen molar-refractivity contribution in [1.29, 1.82) is 0 Å². The van der Waals surface area contributed by atoms with Gasteiger partial charge in [-0.1, -0.05) is 41.4 Å². The number of amides is 1. The van der Waals surface area contributed by atoms with Crippen molar-refractivity contribution < 1.29 is 17.9 Å². The van der Waals surface area contributed by atoms with Crippen LogP contribution in [-0.2, 0) is 9.84 Å². The van der Waals surface area contributed by atoms with E-state index in [1.165, 1.54) is 19.2 Å². The molecule has 0 bridgehead atoms. The highest BCUT2D eigenvalue weighted by Gasteiger charge is 2.31. The third kappa shape index (κ3) is 3.47. The van der Waals surface area contributed by atoms with Crippen molar-refractivity contribution in [3.05, 3.63) is 57.6 Å². The van der Waals surface area contributed by atoms with Crippen LogP contribution in [0.1, 0.15) is 28.4 Å². The van der Waals surface area contributed by atoms with Gasteiger partial charge in [0.15, 0.2) is 15.6 Å². The number of carbonyl (C=O) groups is 1. The molecule has 2 aromatic carbocycles. The van der Waals surface area contributed by atoms with Crippen molar-refractivity contribution >= 4 is 38.9 Å². The second-order valence-corrected chi connectivity index (χ2v) is 8.54. The minimum Gasteiger partial charge on any atom is -0.494 e. The molecule has 0 aliphatic carbocycles. The summed E-state index contributed by atoms with van der Waals surface area (Å²) in [6.45, 7) is 0. The van der Waals surface area contributed by atoms with Crippen LogP contribution in [0.2, 0.25) is 10.0 Å². The van der Waals surface area contributed by atoms with E-state index >= 15 is 0 Å². The van der Waals surface area contributed by atoms with Crippen LogP contribution in [0.4, 0.5) is 0 Å². The topological polar surface area (TPSA) is 72.5 Å². The van der Waals surface area contributed by atoms with Crippen LogP contribution in [0, 0.1) is 0 Å². The first kappa shape index (κ1) is 18.0. The molecular weight excluding hydrogens is 385 g/mol. The molecule has 1 amide bonds. The Hall–Kier alpha value is -1.76. The second kappa shape index (κ2) is 6.86. The van der Waals surface area contributed by atoms with E-state index in [9.17, 15) is 13.2 Å². The minimum atomic E-state index is -3.31. The number of carbonyl (C=O) groups excluding carboxylic acids is 1. The van der Waals surface area contributed by atoms with E-state index in [-0.39, 0.29) is 32.2 Å². The van der Waals surface area contributed by atoms with E-state index in [4.69, 9.17) is 27.9 Å². The van der Waals surface area contributed by atoms with Gasteiger partial charge in [0.25, 0.3) is 5.91 Å². The van der Waals surface area contributed by atoms with Crippen LogP contribution in [0.3, 0.4) is 0 Å². The Labute approximate surface area is 155 Å². The fraction of sp³-hybridized carbons (Fsp3) is 0.235. The highest BCUT2D eigenvalue weighted by molar-refractivity contribution is 7.91. The van der Waals surface area contributed by atoms with Gasteiger partial charge in [-0.15, -0.1) is 0 Å². The van der Waals surface area contributed by atoms with Gasteiger partial charge >= 0.3 is 0 Å². The van der Waals surface area contributed by atoms with E-state index in [1.54, 1.807) is 24.3 Å². The summed E-state index contributed by atoms with van der Waals surface area (Å²) in [7, 11) is -1.87. The molecule has 1 heterocycles. The monoisotopic (exact) mass is 399 g/mol. The maximum Gasteiger partial charge on any atom is 0.251 e. The molecule has 5 nitrogen and oxygen atoms in total. The molecule has 0 saturated heterocycles. The number of hydrogen-bond donors (Lipinski definition) is 1. The number of nitrogens with one attached hydrogen (secondary N) is 1. The number of methoxy groups -OCH3 is 1. The Kier molecular flexibility index (Phi) is 4.95. The van der Waals surface area contributed by atoms with Gasteiger partial charge in [-0.2, -0.15) is 0 Å². The van der Waals surface area contributed by atoms with Gasteiger partial charge < -0.3 is 10.1 Å². The second-order valence-electron chi connectivity index (χ2n) is 5.64. The van der Waals surface area contributed by atoms with E-state index in [1.807, 2.05) is 0 Å². The van der Waals surface area contributed by atoms with Gasteiger partial charge in [0.05, 0.1) is 33.8 Å². The van der Waals surface area contributed by atoms with Crippen molar-refractivity contribution in [2.75, 3.05) is 12.9 Å². The molecule has 1 aliphatic heterocycles. The van der Waals surface area contributed by atoms with Crippen LogP contribution >= 0.6 is 23.2 Å². The van der Waals surface area contributed by atoms with Crippen LogP contribution in [0.15, 0.2) is 41.3 Å². The predicted molar refractivity (Wildman–Crippen MR) is 96.3 cm³/mol. The number of rotatable bonds is 3. The van der Waals surface area contributed by atoms with Crippen molar-refractivity contribution in [2.24, 2.45) is 0 Å². The SMILES string of the molecule is COc1c(Cl)cc(C(=O)NC2CCS(=O)(=O)c3ccccc32)cc1Cl. The molecule has 0 saturated carbocycles. The number of halogens is 2. The fourth-order valence-corrected chi connectivity index (χ4v) is 5.13. The lowest BCUT2D eigenvalue weighted by atomic mass is 10.0. The molecule has 0 fully saturated rings. The number of fused-ring (bicyclic) bond motifs is 1. The molecule has 2 aromatic rings. The average Bonchev–Trinajstić information content (AvgIpc) is 2.57. The van der Waals surface area contributed by atoms with Crippen LogP contribution in [-0.4, -0.2) is 27.2 Å². The van der Waals surface area contributed by atoms with Gasteiger partial charge in [-0.3, -0.25) is 4.79 Å². The number of benzene rings is 2. The Morgan fingerprint density at radius 3 is 2.48 bits per heavy atom. The Morgan fingerprint density at radius 2 is 1.84 bits per heavy atom. The molecule has 0 radical (unpaired) electrons. The molecule has 3 rings (SSSR count). The largest absolute Gasteiger partial charge is 0.494 e. The lowest BCUT2D eigenvalue weighted by molar-refractivity contribution is 0.0934. The van der Waals surface area contributed by atoms with Gasteiger partial charge in [0.2, 0.25) is 0 Å². The first-order chi connectivity index (χ1) is 11.8. The summed E-state index contributed by atoms with van der Waals surface area (Å²) in [4.78, 5) is 12.8. The maximum atomic E-state index is 12.6. The number of hydrogen-bond acceptors (Lipinski definition) is 4. The zero-order chi connectivity index (χ0) is 18.2. The summed E-state index contributed by atoms with van der Waals surface area (Å²) in [6.07, 6.45) is 0.308. The third-order valence-corrected chi connectivity index (χ3v) is 6.45. The van der Waals surface area contributed by atoms with Crippen LogP contribution in [0.25, 0.3) is 0 Å². The molecule has 0 spiro atoms. The summed E-state index contributed by atoms with van der Waals surface area (Å²) in [5, 5.41) is 3.32. The van der Waals surface area contributed by atoms with Gasteiger partial charge in [0.1, 0.15) is 0 Å². The van der Waals surface area contributed by atoms with Crippen molar-refractivity contribution in [1.82, 2.24) is 5.32 Å². The third-order valence-electron chi connectivity index (χ3n) is 4.07. The number of sulfone groups is 1. The normalized spacial score (nSPS) is 18.3. The van der Waals surface area contributed by atoms with Crippen LogP contribution in [0.5, 0.6) is 5.75 Å². The zero-order valence-corrected chi connectivity index (χ0v) is 15.6. The lowest BCUT2D eigenvalue weighted by Crippen LogP contribution is -2.33. The lowest BCUT2D eigenvalue weighted by Gasteiger charge is -2.26. The summed E-state index contributed by atoms with van der Waals surface area (Å²) in [6, 6.07) is 9.23. The smallest absolute Gasteiger partial charge is 0.251 e. The molecule has 25 heavy (non-hydrogen) atoms. The molecule has 1 aliphatic rings. The fourth-order valence-electron chi connectivity index (χ4n) is 2.87. The molecule has 0 aromatic heterocycles. The standard InChI is InChI=1S/C17H15Cl2NO4S/c1-24-16-12(18)8-10(9-13(16)19)17(21)20-14-6-7-25(22,23)15-5-3-2-4-11(14)15/h2-5,8-9,14H,6-7H2,1H3,(H,20,21). The first-order valence-electron chi connectivity index (χ1n) is 7.49. The first-order valence-corrected chi connectivity index (χ1v) is 9.90. The Balaban J connectivity index is 1.90. The van der Waals surface area contributed by atoms with E-state index < -0.39 is 15.9 Å². The molecule has 1 atom stereocenters. The molecule has 132 valence electrons. The van der Waals surface area contributed by atoms with E-state index in [2.05, 4.69) is 5.32 Å². The zero-order valence-electron chi connectivity index (χ0n) is 13.3. The van der Waals surface area contributed by atoms with Crippen molar-refractivity contribution in [2.45, 2.75) is 17.4 Å². The molecule has 8 heteroatoms. The predicted octanol–water partition coefficient (Wildman–Crippen LogP) is 3.65. The van der Waals surface area contributed by atoms with Gasteiger partial charge in [-0.25, -0.2) is 8.42 Å². The number of ether oxygens (including phenoxy) is 1. The van der Waals surface area contributed by atoms with Gasteiger partial charge in [0, 0.05) is 5.56 Å². The van der Waals surface area contributed by atoms with Crippen molar-refractivity contribution in [3.8, 4) is 5.75 Å². The average molecular weight is 400 g/mol. The van der Waals surface area contributed by atoms with E-state index in [0.717, 1.165) is 0 Å². The molecular formula is C17H15Cl2NO4S. The summed E-state index contributed by atoms with van der Waals surface area (Å²) in [5.41, 5.74) is 0.870. The maximum absolute atomic E-state index is 12.6. The highest BCUT2D eigenvalue weighted by atomic mass is 35.5. The Bertz CT molecular complexity index is 920. The van der Waals surface area contributed by atoms with Gasteiger partial charge in [-0.05, 0) is 30.2 Å². The van der Waals surface area contributed by atoms with Crippen molar-refractivity contribution in [3.63, 3.8) is 0 Å². The molecule has 1 unspecified atom stereocenters. The van der Waals surface area contributed by atoms with Crippen LogP contribution < -0.4 is 10.1 Å². The minimum absolute atomic E-state index is 0.0148. The quantitative estimate of drug-likeness (QED) is 0.854. The van der Waals surface area contributed by atoms with E-state index in [0.29, 0.717) is 17.7 Å². The summed E-state index contributed by atoms with van der Waals surface area (Å²) < 4.78 is 29.4. The summed E-state index contributed by atoms with van der Waals surface area (Å²) in [5.74, 6) is -0.0986.